The van der Waals surface area contributed by atoms with Crippen LogP contribution in [0.15, 0.2) is 28.1 Å². The molecule has 0 atom stereocenters. The fourth-order valence-electron chi connectivity index (χ4n) is 2.13. The Balaban J connectivity index is 1.95. The van der Waals surface area contributed by atoms with Crippen LogP contribution >= 0.6 is 27.3 Å². The van der Waals surface area contributed by atoms with Crippen molar-refractivity contribution < 1.29 is 31.9 Å². The minimum atomic E-state index is -2.28. The summed E-state index contributed by atoms with van der Waals surface area (Å²) in [6.07, 6.45) is 0. The molecule has 1 amide bonds. The zero-order valence-corrected chi connectivity index (χ0v) is 15.2. The van der Waals surface area contributed by atoms with E-state index in [9.17, 15) is 31.9 Å². The van der Waals surface area contributed by atoms with Crippen molar-refractivity contribution >= 4 is 38.3 Å². The average molecular weight is 465 g/mol. The number of anilines is 1. The van der Waals surface area contributed by atoms with Crippen molar-refractivity contribution in [1.82, 2.24) is 4.98 Å². The van der Waals surface area contributed by atoms with E-state index in [4.69, 9.17) is 0 Å². The molecule has 0 aliphatic heterocycles. The Morgan fingerprint density at radius 1 is 1.04 bits per heavy atom. The quantitative estimate of drug-likeness (QED) is 0.317. The Bertz CT molecular complexity index is 1040. The van der Waals surface area contributed by atoms with Crippen LogP contribution in [0, 0.1) is 29.1 Å². The van der Waals surface area contributed by atoms with Gasteiger partial charge in [-0.05, 0) is 18.2 Å². The Kier molecular flexibility index (Phi) is 5.16. The van der Waals surface area contributed by atoms with Gasteiger partial charge in [0.1, 0.15) is 5.75 Å². The third kappa shape index (κ3) is 3.52. The first-order valence-corrected chi connectivity index (χ1v) is 8.65. The van der Waals surface area contributed by atoms with Gasteiger partial charge in [-0.15, -0.1) is 11.3 Å². The average Bonchev–Trinajstić information content (AvgIpc) is 3.08. The number of halogens is 6. The lowest BCUT2D eigenvalue weighted by molar-refractivity contribution is 0.102. The first-order valence-electron chi connectivity index (χ1n) is 6.98. The number of hydrogen-bond donors (Lipinski definition) is 2. The molecule has 2 N–H and O–H groups in total. The van der Waals surface area contributed by atoms with Crippen molar-refractivity contribution in [2.24, 2.45) is 0 Å². The fraction of sp³-hybridized carbons (Fsp3) is 0. The minimum Gasteiger partial charge on any atom is -0.507 e. The fourth-order valence-corrected chi connectivity index (χ4v) is 3.19. The predicted molar refractivity (Wildman–Crippen MR) is 91.1 cm³/mol. The smallest absolute Gasteiger partial charge is 0.261 e. The van der Waals surface area contributed by atoms with Gasteiger partial charge in [-0.1, -0.05) is 15.9 Å². The lowest BCUT2D eigenvalue weighted by Gasteiger charge is -2.06. The molecule has 0 unspecified atom stereocenters. The summed E-state index contributed by atoms with van der Waals surface area (Å²) in [5, 5.41) is 12.8. The number of nitrogens with zero attached hydrogens (tertiary/aromatic N) is 1. The molecular formula is C16H6BrF5N2O2S. The van der Waals surface area contributed by atoms with E-state index in [0.717, 1.165) is 5.38 Å². The lowest BCUT2D eigenvalue weighted by Crippen LogP contribution is -2.12. The van der Waals surface area contributed by atoms with Crippen LogP contribution in [0.1, 0.15) is 10.4 Å². The van der Waals surface area contributed by atoms with E-state index in [1.54, 1.807) is 0 Å². The van der Waals surface area contributed by atoms with Crippen LogP contribution in [0.25, 0.3) is 11.3 Å². The number of phenolic OH excluding ortho intramolecular Hbond substituents is 1. The highest BCUT2D eigenvalue weighted by molar-refractivity contribution is 9.10. The normalized spacial score (nSPS) is 10.9. The van der Waals surface area contributed by atoms with Crippen molar-refractivity contribution in [2.75, 3.05) is 5.32 Å². The summed E-state index contributed by atoms with van der Waals surface area (Å²) < 4.78 is 67.9. The maximum Gasteiger partial charge on any atom is 0.261 e. The van der Waals surface area contributed by atoms with Crippen molar-refractivity contribution in [2.45, 2.75) is 0 Å². The van der Waals surface area contributed by atoms with Crippen molar-refractivity contribution in [1.29, 1.82) is 0 Å². The zero-order chi connectivity index (χ0) is 19.9. The number of carbonyl (C=O) groups is 1. The Hall–Kier alpha value is -2.53. The van der Waals surface area contributed by atoms with Gasteiger partial charge in [0.25, 0.3) is 5.91 Å². The van der Waals surface area contributed by atoms with Crippen LogP contribution < -0.4 is 5.32 Å². The molecule has 0 saturated carbocycles. The molecule has 27 heavy (non-hydrogen) atoms. The van der Waals surface area contributed by atoms with Gasteiger partial charge in [0.15, 0.2) is 28.4 Å². The van der Waals surface area contributed by atoms with Crippen molar-refractivity contribution in [3.63, 3.8) is 0 Å². The van der Waals surface area contributed by atoms with Gasteiger partial charge < -0.3 is 5.11 Å². The maximum atomic E-state index is 13.8. The molecule has 0 aliphatic rings. The molecular weight excluding hydrogens is 459 g/mol. The van der Waals surface area contributed by atoms with Gasteiger partial charge in [0.2, 0.25) is 5.82 Å². The van der Waals surface area contributed by atoms with Gasteiger partial charge in [0.05, 0.1) is 16.8 Å². The summed E-state index contributed by atoms with van der Waals surface area (Å²) in [4.78, 5) is 15.9. The number of aromatic nitrogens is 1. The monoisotopic (exact) mass is 464 g/mol. The first kappa shape index (κ1) is 19.2. The highest BCUT2D eigenvalue weighted by Crippen LogP contribution is 2.33. The van der Waals surface area contributed by atoms with E-state index in [1.165, 1.54) is 18.2 Å². The predicted octanol–water partition coefficient (Wildman–Crippen LogP) is 5.23. The topological polar surface area (TPSA) is 62.2 Å². The van der Waals surface area contributed by atoms with Crippen LogP contribution in [0.3, 0.4) is 0 Å². The molecule has 1 aromatic heterocycles. The maximum absolute atomic E-state index is 13.8. The van der Waals surface area contributed by atoms with E-state index in [0.29, 0.717) is 15.8 Å². The van der Waals surface area contributed by atoms with Crippen LogP contribution in [-0.2, 0) is 0 Å². The van der Waals surface area contributed by atoms with Crippen LogP contribution in [-0.4, -0.2) is 16.0 Å². The van der Waals surface area contributed by atoms with E-state index < -0.39 is 46.3 Å². The summed E-state index contributed by atoms with van der Waals surface area (Å²) in [5.74, 6) is -11.6. The molecule has 0 spiro atoms. The number of benzene rings is 2. The number of thiazole rings is 1. The second kappa shape index (κ2) is 7.24. The second-order valence-electron chi connectivity index (χ2n) is 5.10. The number of carbonyl (C=O) groups excluding carboxylic acids is 1. The number of phenols is 1. The summed E-state index contributed by atoms with van der Waals surface area (Å²) in [5.41, 5.74) is -1.85. The van der Waals surface area contributed by atoms with E-state index in [2.05, 4.69) is 26.2 Å². The molecule has 0 fully saturated rings. The second-order valence-corrected chi connectivity index (χ2v) is 6.87. The molecule has 0 aliphatic carbocycles. The first-order chi connectivity index (χ1) is 12.7. The third-order valence-corrected chi connectivity index (χ3v) is 4.64. The number of nitrogens with one attached hydrogen (secondary N) is 1. The standard InChI is InChI=1S/C16H6BrF5N2O2S/c17-5-1-2-8(25)6(3-5)15(26)24-16-23-7(4-27-16)9-10(18)12(20)14(22)13(21)11(9)19/h1-4,25H,(H,23,24,26). The van der Waals surface area contributed by atoms with E-state index >= 15 is 0 Å². The number of aromatic hydroxyl groups is 1. The highest BCUT2D eigenvalue weighted by Gasteiger charge is 2.28. The molecule has 11 heteroatoms. The largest absolute Gasteiger partial charge is 0.507 e. The van der Waals surface area contributed by atoms with Crippen molar-refractivity contribution in [3.05, 3.63) is 62.7 Å². The molecule has 3 rings (SSSR count). The SMILES string of the molecule is O=C(Nc1nc(-c2c(F)c(F)c(F)c(F)c2F)cs1)c1cc(Br)ccc1O. The van der Waals surface area contributed by atoms with Crippen molar-refractivity contribution in [3.8, 4) is 17.0 Å². The van der Waals surface area contributed by atoms with Crippen LogP contribution in [0.4, 0.5) is 27.1 Å². The Morgan fingerprint density at radius 2 is 1.63 bits per heavy atom. The van der Waals surface area contributed by atoms with Gasteiger partial charge in [-0.3, -0.25) is 10.1 Å². The van der Waals surface area contributed by atoms with Gasteiger partial charge in [0, 0.05) is 9.85 Å². The molecule has 2 aromatic carbocycles. The zero-order valence-electron chi connectivity index (χ0n) is 12.8. The third-order valence-electron chi connectivity index (χ3n) is 3.39. The van der Waals surface area contributed by atoms with E-state index in [1.807, 2.05) is 0 Å². The van der Waals surface area contributed by atoms with E-state index in [-0.39, 0.29) is 16.4 Å². The van der Waals surface area contributed by atoms with Crippen LogP contribution in [0.5, 0.6) is 5.75 Å². The summed E-state index contributed by atoms with van der Waals surface area (Å²) in [7, 11) is 0. The van der Waals surface area contributed by atoms with Gasteiger partial charge >= 0.3 is 0 Å². The Labute approximate surface area is 160 Å². The lowest BCUT2D eigenvalue weighted by atomic mass is 10.1. The molecule has 0 radical (unpaired) electrons. The number of amides is 1. The van der Waals surface area contributed by atoms with Gasteiger partial charge in [-0.25, -0.2) is 26.9 Å². The molecule has 0 bridgehead atoms. The number of rotatable bonds is 3. The summed E-state index contributed by atoms with van der Waals surface area (Å²) in [6.45, 7) is 0. The molecule has 0 saturated heterocycles. The molecule has 4 nitrogen and oxygen atoms in total. The summed E-state index contributed by atoms with van der Waals surface area (Å²) >= 11 is 3.83. The summed E-state index contributed by atoms with van der Waals surface area (Å²) in [6, 6.07) is 4.08. The van der Waals surface area contributed by atoms with Gasteiger partial charge in [-0.2, -0.15) is 0 Å². The minimum absolute atomic E-state index is 0.114. The van der Waals surface area contributed by atoms with Crippen LogP contribution in [0.2, 0.25) is 0 Å². The highest BCUT2D eigenvalue weighted by atomic mass is 79.9. The molecule has 3 aromatic rings. The number of hydrogen-bond acceptors (Lipinski definition) is 4. The molecule has 140 valence electrons. The molecule has 1 heterocycles. The Morgan fingerprint density at radius 3 is 2.26 bits per heavy atom.